The van der Waals surface area contributed by atoms with Gasteiger partial charge in [0.2, 0.25) is 5.95 Å². The van der Waals surface area contributed by atoms with E-state index < -0.39 is 23.9 Å². The minimum atomic E-state index is -5.02. The first-order chi connectivity index (χ1) is 6.29. The van der Waals surface area contributed by atoms with Gasteiger partial charge in [-0.3, -0.25) is 0 Å². The number of pyridine rings is 1. The highest BCUT2D eigenvalue weighted by Gasteiger charge is 2.33. The molecule has 78 valence electrons. The molecule has 0 unspecified atom stereocenters. The maximum Gasteiger partial charge on any atom is 0.574 e. The zero-order chi connectivity index (χ0) is 10.9. The van der Waals surface area contributed by atoms with E-state index in [-0.39, 0.29) is 4.47 Å². The van der Waals surface area contributed by atoms with Crippen LogP contribution in [-0.4, -0.2) is 16.5 Å². The Morgan fingerprint density at radius 1 is 1.43 bits per heavy atom. The van der Waals surface area contributed by atoms with Crippen LogP contribution in [0, 0.1) is 5.95 Å². The minimum absolute atomic E-state index is 0.260. The number of aromatic nitrogens is 1. The van der Waals surface area contributed by atoms with Crippen LogP contribution >= 0.6 is 15.9 Å². The number of hydrogen-bond donors (Lipinski definition) is 1. The van der Waals surface area contributed by atoms with Gasteiger partial charge in [-0.1, -0.05) is 0 Å². The molecule has 3 nitrogen and oxygen atoms in total. The Morgan fingerprint density at radius 3 is 2.50 bits per heavy atom. The maximum absolute atomic E-state index is 12.6. The lowest BCUT2D eigenvalue weighted by Gasteiger charge is -2.09. The summed E-state index contributed by atoms with van der Waals surface area (Å²) < 4.78 is 50.5. The van der Waals surface area contributed by atoms with Gasteiger partial charge in [0.25, 0.3) is 5.88 Å². The molecule has 0 aromatic carbocycles. The number of halogens is 5. The predicted molar refractivity (Wildman–Crippen MR) is 40.2 cm³/mol. The molecule has 0 aliphatic rings. The summed E-state index contributed by atoms with van der Waals surface area (Å²) in [6, 6.07) is 0.712. The first-order valence-corrected chi connectivity index (χ1v) is 3.89. The summed E-state index contributed by atoms with van der Waals surface area (Å²) in [5, 5.41) is 8.89. The van der Waals surface area contributed by atoms with E-state index in [0.717, 1.165) is 0 Å². The van der Waals surface area contributed by atoms with Crippen molar-refractivity contribution in [3.05, 3.63) is 16.5 Å². The Morgan fingerprint density at radius 2 is 2.00 bits per heavy atom. The molecule has 0 aliphatic heterocycles. The second-order valence-corrected chi connectivity index (χ2v) is 2.99. The van der Waals surface area contributed by atoms with Crippen molar-refractivity contribution >= 4 is 15.9 Å². The molecule has 0 radical (unpaired) electrons. The zero-order valence-corrected chi connectivity index (χ0v) is 7.86. The van der Waals surface area contributed by atoms with Crippen molar-refractivity contribution in [3.63, 3.8) is 0 Å². The number of hydrogen-bond acceptors (Lipinski definition) is 3. The molecule has 8 heteroatoms. The van der Waals surface area contributed by atoms with E-state index >= 15 is 0 Å². The highest BCUT2D eigenvalue weighted by molar-refractivity contribution is 9.10. The molecule has 1 aromatic heterocycles. The Labute approximate surface area is 83.5 Å². The van der Waals surface area contributed by atoms with Crippen molar-refractivity contribution in [2.24, 2.45) is 0 Å². The fraction of sp³-hybridized carbons (Fsp3) is 0.167. The van der Waals surface area contributed by atoms with Crippen LogP contribution in [0.15, 0.2) is 10.5 Å². The second kappa shape index (κ2) is 3.60. The molecule has 0 fully saturated rings. The van der Waals surface area contributed by atoms with Gasteiger partial charge in [0.15, 0.2) is 5.75 Å². The van der Waals surface area contributed by atoms with Crippen LogP contribution in [0.25, 0.3) is 0 Å². The molecular formula is C6H2BrF4NO2. The first-order valence-electron chi connectivity index (χ1n) is 3.10. The molecule has 0 bridgehead atoms. The van der Waals surface area contributed by atoms with Crippen molar-refractivity contribution in [3.8, 4) is 11.6 Å². The summed E-state index contributed by atoms with van der Waals surface area (Å²) in [4.78, 5) is 2.75. The zero-order valence-electron chi connectivity index (χ0n) is 6.27. The van der Waals surface area contributed by atoms with Gasteiger partial charge in [0.05, 0.1) is 4.47 Å². The van der Waals surface area contributed by atoms with Crippen LogP contribution in [0.2, 0.25) is 0 Å². The van der Waals surface area contributed by atoms with Crippen molar-refractivity contribution in [2.75, 3.05) is 0 Å². The van der Waals surface area contributed by atoms with Crippen molar-refractivity contribution < 1.29 is 27.4 Å². The molecule has 0 aliphatic carbocycles. The highest BCUT2D eigenvalue weighted by Crippen LogP contribution is 2.32. The van der Waals surface area contributed by atoms with Crippen LogP contribution in [0.4, 0.5) is 17.6 Å². The van der Waals surface area contributed by atoms with E-state index in [4.69, 9.17) is 5.11 Å². The van der Waals surface area contributed by atoms with E-state index in [1.54, 1.807) is 0 Å². The van der Waals surface area contributed by atoms with E-state index in [1.165, 1.54) is 0 Å². The van der Waals surface area contributed by atoms with Gasteiger partial charge in [0, 0.05) is 6.07 Å². The van der Waals surface area contributed by atoms with Gasteiger partial charge in [0.1, 0.15) is 0 Å². The molecular weight excluding hydrogens is 274 g/mol. The number of ether oxygens (including phenoxy) is 1. The van der Waals surface area contributed by atoms with Crippen LogP contribution in [0.1, 0.15) is 0 Å². The Kier molecular flexibility index (Phi) is 2.84. The monoisotopic (exact) mass is 275 g/mol. The third-order valence-electron chi connectivity index (χ3n) is 1.09. The maximum atomic E-state index is 12.6. The summed E-state index contributed by atoms with van der Waals surface area (Å²) in [6.45, 7) is 0. The van der Waals surface area contributed by atoms with E-state index in [9.17, 15) is 17.6 Å². The van der Waals surface area contributed by atoms with Gasteiger partial charge >= 0.3 is 6.36 Å². The fourth-order valence-electron chi connectivity index (χ4n) is 0.626. The molecule has 0 saturated carbocycles. The lowest BCUT2D eigenvalue weighted by Crippen LogP contribution is -2.18. The van der Waals surface area contributed by atoms with Gasteiger partial charge < -0.3 is 9.84 Å². The van der Waals surface area contributed by atoms with Gasteiger partial charge in [-0.05, 0) is 15.9 Å². The third kappa shape index (κ3) is 2.72. The Bertz CT molecular complexity index is 354. The summed E-state index contributed by atoms with van der Waals surface area (Å²) in [6.07, 6.45) is -5.02. The summed E-state index contributed by atoms with van der Waals surface area (Å²) >= 11 is 2.63. The minimum Gasteiger partial charge on any atom is -0.503 e. The SMILES string of the molecule is Oc1cc(Br)c(F)nc1OC(F)(F)F. The molecule has 1 rings (SSSR count). The fourth-order valence-corrected chi connectivity index (χ4v) is 0.931. The predicted octanol–water partition coefficient (Wildman–Crippen LogP) is 2.59. The topological polar surface area (TPSA) is 42.4 Å². The van der Waals surface area contributed by atoms with Gasteiger partial charge in [-0.25, -0.2) is 0 Å². The van der Waals surface area contributed by atoms with Gasteiger partial charge in [-0.2, -0.15) is 9.37 Å². The first kappa shape index (κ1) is 11.0. The quantitative estimate of drug-likeness (QED) is 0.633. The lowest BCUT2D eigenvalue weighted by molar-refractivity contribution is -0.276. The smallest absolute Gasteiger partial charge is 0.503 e. The molecule has 1 N–H and O–H groups in total. The molecule has 0 amide bonds. The molecule has 0 spiro atoms. The van der Waals surface area contributed by atoms with E-state index in [0.29, 0.717) is 6.07 Å². The standard InChI is InChI=1S/C6H2BrF4NO2/c7-2-1-3(13)5(12-4(2)8)14-6(9,10)11/h1,13H. The summed E-state index contributed by atoms with van der Waals surface area (Å²) in [7, 11) is 0. The molecule has 14 heavy (non-hydrogen) atoms. The molecule has 0 saturated heterocycles. The molecule has 1 aromatic rings. The average molecular weight is 276 g/mol. The van der Waals surface area contributed by atoms with Crippen LogP contribution < -0.4 is 4.74 Å². The van der Waals surface area contributed by atoms with E-state index in [2.05, 4.69) is 25.7 Å². The number of aromatic hydroxyl groups is 1. The Balaban J connectivity index is 3.04. The largest absolute Gasteiger partial charge is 0.574 e. The summed E-state index contributed by atoms with van der Waals surface area (Å²) in [5.74, 6) is -3.34. The number of rotatable bonds is 1. The lowest BCUT2D eigenvalue weighted by atomic mass is 10.4. The van der Waals surface area contributed by atoms with Crippen molar-refractivity contribution in [1.29, 1.82) is 0 Å². The van der Waals surface area contributed by atoms with Crippen molar-refractivity contribution in [1.82, 2.24) is 4.98 Å². The number of nitrogens with zero attached hydrogens (tertiary/aromatic N) is 1. The normalized spacial score (nSPS) is 11.5. The third-order valence-corrected chi connectivity index (χ3v) is 1.65. The summed E-state index contributed by atoms with van der Waals surface area (Å²) in [5.41, 5.74) is 0. The van der Waals surface area contributed by atoms with Crippen LogP contribution in [0.3, 0.4) is 0 Å². The molecule has 1 heterocycles. The second-order valence-electron chi connectivity index (χ2n) is 2.13. The average Bonchev–Trinajstić information content (AvgIpc) is 1.97. The number of alkyl halides is 3. The van der Waals surface area contributed by atoms with Crippen LogP contribution in [-0.2, 0) is 0 Å². The van der Waals surface area contributed by atoms with Crippen LogP contribution in [0.5, 0.6) is 11.6 Å². The highest BCUT2D eigenvalue weighted by atomic mass is 79.9. The van der Waals surface area contributed by atoms with E-state index in [1.807, 2.05) is 0 Å². The van der Waals surface area contributed by atoms with Gasteiger partial charge in [-0.15, -0.1) is 13.2 Å². The van der Waals surface area contributed by atoms with Crippen molar-refractivity contribution in [2.45, 2.75) is 6.36 Å². The molecule has 0 atom stereocenters. The Hall–Kier alpha value is -1.05.